The lowest BCUT2D eigenvalue weighted by molar-refractivity contribution is -0.132. The van der Waals surface area contributed by atoms with E-state index in [2.05, 4.69) is 4.98 Å². The SMILES string of the molecule is Cc1ccc2nc(N3C(=O)C(=O)/C(=C(/O)c4ccc(F)cc4)C3c3ccc(Cl)c(Cl)c3)sc2c1. The van der Waals surface area contributed by atoms with E-state index in [9.17, 15) is 19.1 Å². The van der Waals surface area contributed by atoms with Crippen molar-refractivity contribution in [2.75, 3.05) is 4.90 Å². The highest BCUT2D eigenvalue weighted by Gasteiger charge is 2.48. The van der Waals surface area contributed by atoms with E-state index < -0.39 is 29.3 Å². The number of carbonyl (C=O) groups is 2. The first-order valence-corrected chi connectivity index (χ1v) is 11.7. The van der Waals surface area contributed by atoms with E-state index in [1.165, 1.54) is 28.4 Å². The molecule has 4 aromatic rings. The summed E-state index contributed by atoms with van der Waals surface area (Å²) in [6, 6.07) is 14.4. The second-order valence-electron chi connectivity index (χ2n) is 7.82. The van der Waals surface area contributed by atoms with Gasteiger partial charge in [-0.1, -0.05) is 46.7 Å². The number of hydrogen-bond acceptors (Lipinski definition) is 5. The van der Waals surface area contributed by atoms with Crippen LogP contribution in [-0.2, 0) is 9.59 Å². The highest BCUT2D eigenvalue weighted by Crippen LogP contribution is 2.45. The summed E-state index contributed by atoms with van der Waals surface area (Å²) < 4.78 is 14.3. The summed E-state index contributed by atoms with van der Waals surface area (Å²) >= 11 is 13.6. The third-order valence-electron chi connectivity index (χ3n) is 5.56. The molecule has 1 aliphatic heterocycles. The molecule has 1 aromatic heterocycles. The minimum Gasteiger partial charge on any atom is -0.507 e. The van der Waals surface area contributed by atoms with Gasteiger partial charge in [0, 0.05) is 5.56 Å². The minimum absolute atomic E-state index is 0.148. The average Bonchev–Trinajstić information content (AvgIpc) is 3.33. The Morgan fingerprint density at radius 2 is 1.76 bits per heavy atom. The Bertz CT molecular complexity index is 1510. The van der Waals surface area contributed by atoms with Crippen molar-refractivity contribution in [3.8, 4) is 0 Å². The van der Waals surface area contributed by atoms with Gasteiger partial charge in [-0.2, -0.15) is 0 Å². The van der Waals surface area contributed by atoms with Gasteiger partial charge in [0.25, 0.3) is 5.78 Å². The molecule has 1 saturated heterocycles. The minimum atomic E-state index is -1.01. The van der Waals surface area contributed by atoms with Crippen LogP contribution in [0.3, 0.4) is 0 Å². The summed E-state index contributed by atoms with van der Waals surface area (Å²) in [6.07, 6.45) is 0. The van der Waals surface area contributed by atoms with E-state index in [4.69, 9.17) is 23.2 Å². The number of rotatable bonds is 3. The molecule has 3 aromatic carbocycles. The predicted molar refractivity (Wildman–Crippen MR) is 132 cm³/mol. The zero-order valence-electron chi connectivity index (χ0n) is 17.6. The Hall–Kier alpha value is -3.26. The van der Waals surface area contributed by atoms with Crippen LogP contribution in [0.25, 0.3) is 16.0 Å². The first-order valence-electron chi connectivity index (χ1n) is 10.1. The average molecular weight is 513 g/mol. The Morgan fingerprint density at radius 3 is 2.47 bits per heavy atom. The molecular weight excluding hydrogens is 498 g/mol. The van der Waals surface area contributed by atoms with E-state index in [1.807, 2.05) is 25.1 Å². The van der Waals surface area contributed by atoms with Gasteiger partial charge in [0.15, 0.2) is 5.13 Å². The highest BCUT2D eigenvalue weighted by molar-refractivity contribution is 7.22. The summed E-state index contributed by atoms with van der Waals surface area (Å²) in [5.41, 5.74) is 2.23. The molecule has 1 fully saturated rings. The van der Waals surface area contributed by atoms with Gasteiger partial charge in [-0.05, 0) is 66.6 Å². The van der Waals surface area contributed by atoms with E-state index in [1.54, 1.807) is 18.2 Å². The van der Waals surface area contributed by atoms with Gasteiger partial charge in [0.2, 0.25) is 0 Å². The van der Waals surface area contributed by atoms with Crippen molar-refractivity contribution in [2.24, 2.45) is 0 Å². The first-order chi connectivity index (χ1) is 16.2. The Balaban J connectivity index is 1.74. The van der Waals surface area contributed by atoms with Crippen LogP contribution in [0.4, 0.5) is 9.52 Å². The molecule has 0 bridgehead atoms. The van der Waals surface area contributed by atoms with E-state index in [-0.39, 0.29) is 16.2 Å². The quantitative estimate of drug-likeness (QED) is 0.189. The predicted octanol–water partition coefficient (Wildman–Crippen LogP) is 6.68. The number of thiazole rings is 1. The van der Waals surface area contributed by atoms with Crippen LogP contribution >= 0.6 is 34.5 Å². The molecule has 1 atom stereocenters. The zero-order valence-corrected chi connectivity index (χ0v) is 19.9. The maximum absolute atomic E-state index is 13.4. The molecule has 0 radical (unpaired) electrons. The van der Waals surface area contributed by atoms with E-state index >= 15 is 0 Å². The number of halogens is 3. The number of fused-ring (bicyclic) bond motifs is 1. The number of aliphatic hydroxyl groups is 1. The van der Waals surface area contributed by atoms with Gasteiger partial charge >= 0.3 is 5.91 Å². The molecule has 1 unspecified atom stereocenters. The molecule has 1 aliphatic rings. The number of aliphatic hydroxyl groups excluding tert-OH is 1. The second-order valence-corrected chi connectivity index (χ2v) is 9.64. The topological polar surface area (TPSA) is 70.5 Å². The number of hydrogen-bond donors (Lipinski definition) is 1. The molecule has 0 spiro atoms. The summed E-state index contributed by atoms with van der Waals surface area (Å²) in [5, 5.41) is 11.9. The first kappa shape index (κ1) is 22.5. The number of ketones is 1. The van der Waals surface area contributed by atoms with Gasteiger partial charge in [-0.15, -0.1) is 0 Å². The van der Waals surface area contributed by atoms with Crippen LogP contribution in [0.2, 0.25) is 10.0 Å². The third-order valence-corrected chi connectivity index (χ3v) is 7.32. The molecule has 170 valence electrons. The number of aromatic nitrogens is 1. The number of carbonyl (C=O) groups excluding carboxylic acids is 2. The van der Waals surface area contributed by atoms with Gasteiger partial charge in [-0.25, -0.2) is 9.37 Å². The Labute approximate surface area is 207 Å². The number of benzene rings is 3. The molecule has 5 rings (SSSR count). The van der Waals surface area contributed by atoms with Crippen molar-refractivity contribution in [2.45, 2.75) is 13.0 Å². The van der Waals surface area contributed by atoms with Crippen molar-refractivity contribution in [3.63, 3.8) is 0 Å². The monoisotopic (exact) mass is 512 g/mol. The van der Waals surface area contributed by atoms with Crippen LogP contribution in [0.15, 0.2) is 66.2 Å². The fourth-order valence-corrected chi connectivity index (χ4v) is 5.31. The zero-order chi connectivity index (χ0) is 24.1. The largest absolute Gasteiger partial charge is 0.507 e. The van der Waals surface area contributed by atoms with Gasteiger partial charge < -0.3 is 5.11 Å². The normalized spacial score (nSPS) is 17.6. The number of Topliss-reactive ketones (excluding diaryl/α,β-unsaturated/α-hetero) is 1. The standard InChI is InChI=1S/C25H15Cl2FN2O3S/c1-12-2-9-18-19(10-12)34-25(29-18)30-21(14-5-8-16(26)17(27)11-14)20(23(32)24(30)33)22(31)13-3-6-15(28)7-4-13/h2-11,21,31H,1H3/b22-20+. The Morgan fingerprint density at radius 1 is 1.03 bits per heavy atom. The lowest BCUT2D eigenvalue weighted by Crippen LogP contribution is -2.29. The van der Waals surface area contributed by atoms with Crippen LogP contribution < -0.4 is 4.90 Å². The number of nitrogens with zero attached hydrogens (tertiary/aromatic N) is 2. The number of aryl methyl sites for hydroxylation is 1. The van der Waals surface area contributed by atoms with Crippen molar-refractivity contribution in [1.82, 2.24) is 4.98 Å². The molecule has 9 heteroatoms. The van der Waals surface area contributed by atoms with Crippen molar-refractivity contribution in [3.05, 3.63) is 98.8 Å². The van der Waals surface area contributed by atoms with Crippen LogP contribution in [0, 0.1) is 12.7 Å². The van der Waals surface area contributed by atoms with Gasteiger partial charge in [-0.3, -0.25) is 14.5 Å². The lowest BCUT2D eigenvalue weighted by Gasteiger charge is -2.23. The fourth-order valence-electron chi connectivity index (χ4n) is 3.91. The van der Waals surface area contributed by atoms with E-state index in [0.29, 0.717) is 21.2 Å². The smallest absolute Gasteiger partial charge is 0.301 e. The number of amides is 1. The van der Waals surface area contributed by atoms with Crippen molar-refractivity contribution in [1.29, 1.82) is 0 Å². The molecule has 1 N–H and O–H groups in total. The highest BCUT2D eigenvalue weighted by atomic mass is 35.5. The molecule has 0 saturated carbocycles. The van der Waals surface area contributed by atoms with Crippen molar-refractivity contribution >= 4 is 67.3 Å². The van der Waals surface area contributed by atoms with Crippen LogP contribution in [-0.4, -0.2) is 21.8 Å². The van der Waals surface area contributed by atoms with Gasteiger partial charge in [0.05, 0.1) is 31.9 Å². The molecule has 1 amide bonds. The Kier molecular flexibility index (Phi) is 5.64. The number of anilines is 1. The van der Waals surface area contributed by atoms with Crippen LogP contribution in [0.5, 0.6) is 0 Å². The summed E-state index contributed by atoms with van der Waals surface area (Å²) in [5.74, 6) is -2.64. The molecule has 0 aliphatic carbocycles. The molecule has 2 heterocycles. The summed E-state index contributed by atoms with van der Waals surface area (Å²) in [7, 11) is 0. The van der Waals surface area contributed by atoms with E-state index in [0.717, 1.165) is 22.4 Å². The van der Waals surface area contributed by atoms with Crippen LogP contribution in [0.1, 0.15) is 22.7 Å². The molecular formula is C25H15Cl2FN2O3S. The molecule has 5 nitrogen and oxygen atoms in total. The summed E-state index contributed by atoms with van der Waals surface area (Å²) in [4.78, 5) is 32.3. The maximum atomic E-state index is 13.4. The van der Waals surface area contributed by atoms with Gasteiger partial charge in [0.1, 0.15) is 11.6 Å². The second kappa shape index (κ2) is 8.51. The third kappa shape index (κ3) is 3.76. The van der Waals surface area contributed by atoms with Crippen molar-refractivity contribution < 1.29 is 19.1 Å². The fraction of sp³-hybridized carbons (Fsp3) is 0.0800. The lowest BCUT2D eigenvalue weighted by atomic mass is 9.95. The maximum Gasteiger partial charge on any atom is 0.301 e. The molecule has 34 heavy (non-hydrogen) atoms. The summed E-state index contributed by atoms with van der Waals surface area (Å²) in [6.45, 7) is 1.95.